The van der Waals surface area contributed by atoms with E-state index in [9.17, 15) is 9.59 Å². The first kappa shape index (κ1) is 13.8. The molecule has 5 nitrogen and oxygen atoms in total. The summed E-state index contributed by atoms with van der Waals surface area (Å²) < 4.78 is 5.20. The van der Waals surface area contributed by atoms with E-state index in [0.717, 1.165) is 5.56 Å². The fourth-order valence-corrected chi connectivity index (χ4v) is 1.98. The van der Waals surface area contributed by atoms with Gasteiger partial charge in [0, 0.05) is 5.69 Å². The molecule has 2 amide bonds. The van der Waals surface area contributed by atoms with Gasteiger partial charge in [0.2, 0.25) is 11.8 Å². The minimum absolute atomic E-state index is 0.0111. The van der Waals surface area contributed by atoms with E-state index < -0.39 is 0 Å². The highest BCUT2D eigenvalue weighted by atomic mass is 35.5. The lowest BCUT2D eigenvalue weighted by Gasteiger charge is -2.11. The molecule has 19 heavy (non-hydrogen) atoms. The van der Waals surface area contributed by atoms with Crippen molar-refractivity contribution in [1.82, 2.24) is 0 Å². The zero-order valence-electron chi connectivity index (χ0n) is 10.7. The number of ether oxygens (including phenoxy) is 1. The van der Waals surface area contributed by atoms with Gasteiger partial charge in [0.05, 0.1) is 23.2 Å². The Hall–Kier alpha value is -1.59. The van der Waals surface area contributed by atoms with Gasteiger partial charge in [0.1, 0.15) is 6.61 Å². The molecule has 1 aromatic rings. The lowest BCUT2D eigenvalue weighted by Crippen LogP contribution is -2.20. The number of fused-ring (bicyclic) bond motifs is 1. The zero-order chi connectivity index (χ0) is 14.0. The van der Waals surface area contributed by atoms with Crippen LogP contribution in [0.1, 0.15) is 19.4 Å². The average Bonchev–Trinajstić information content (AvgIpc) is 2.66. The standard InChI is InChI=1S/C13H15ClN2O3/c1-7(2)19-6-13(18)16-11-3-8-4-12(17)15-10(8)5-9(11)14/h3,5,7H,4,6H2,1-2H3,(H,15,17)(H,16,18). The van der Waals surface area contributed by atoms with Crippen LogP contribution in [-0.2, 0) is 20.7 Å². The van der Waals surface area contributed by atoms with Gasteiger partial charge in [-0.3, -0.25) is 9.59 Å². The summed E-state index contributed by atoms with van der Waals surface area (Å²) in [7, 11) is 0. The molecule has 0 saturated carbocycles. The van der Waals surface area contributed by atoms with E-state index >= 15 is 0 Å². The van der Waals surface area contributed by atoms with Crippen LogP contribution in [0.3, 0.4) is 0 Å². The molecule has 0 saturated heterocycles. The molecule has 102 valence electrons. The molecule has 2 rings (SSSR count). The molecule has 1 aromatic carbocycles. The summed E-state index contributed by atoms with van der Waals surface area (Å²) in [5.74, 6) is -0.342. The fourth-order valence-electron chi connectivity index (χ4n) is 1.77. The highest BCUT2D eigenvalue weighted by Crippen LogP contribution is 2.32. The average molecular weight is 283 g/mol. The summed E-state index contributed by atoms with van der Waals surface area (Å²) in [6.07, 6.45) is 0.292. The van der Waals surface area contributed by atoms with Gasteiger partial charge >= 0.3 is 0 Å². The molecule has 6 heteroatoms. The Morgan fingerprint density at radius 3 is 2.95 bits per heavy atom. The second kappa shape index (κ2) is 5.59. The van der Waals surface area contributed by atoms with Gasteiger partial charge in [-0.25, -0.2) is 0 Å². The number of nitrogens with one attached hydrogen (secondary N) is 2. The largest absolute Gasteiger partial charge is 0.369 e. The van der Waals surface area contributed by atoms with Crippen LogP contribution in [0.25, 0.3) is 0 Å². The van der Waals surface area contributed by atoms with Crippen LogP contribution in [-0.4, -0.2) is 24.5 Å². The minimum atomic E-state index is -0.271. The summed E-state index contributed by atoms with van der Waals surface area (Å²) in [4.78, 5) is 22.9. The number of carbonyl (C=O) groups excluding carboxylic acids is 2. The molecule has 0 spiro atoms. The Labute approximate surface area is 116 Å². The highest BCUT2D eigenvalue weighted by Gasteiger charge is 2.20. The molecular weight excluding hydrogens is 268 g/mol. The van der Waals surface area contributed by atoms with Crippen LogP contribution in [0.15, 0.2) is 12.1 Å². The molecule has 0 radical (unpaired) electrons. The lowest BCUT2D eigenvalue weighted by atomic mass is 10.1. The van der Waals surface area contributed by atoms with Crippen LogP contribution in [0.5, 0.6) is 0 Å². The third kappa shape index (κ3) is 3.45. The van der Waals surface area contributed by atoms with Crippen molar-refractivity contribution in [1.29, 1.82) is 0 Å². The van der Waals surface area contributed by atoms with Crippen LogP contribution >= 0.6 is 11.6 Å². The van der Waals surface area contributed by atoms with Crippen molar-refractivity contribution < 1.29 is 14.3 Å². The van der Waals surface area contributed by atoms with E-state index in [0.29, 0.717) is 22.8 Å². The fraction of sp³-hybridized carbons (Fsp3) is 0.385. The van der Waals surface area contributed by atoms with E-state index in [1.807, 2.05) is 13.8 Å². The summed E-state index contributed by atoms with van der Waals surface area (Å²) >= 11 is 6.06. The number of anilines is 2. The van der Waals surface area contributed by atoms with Crippen molar-refractivity contribution in [2.45, 2.75) is 26.4 Å². The number of halogens is 1. The second-order valence-corrected chi connectivity index (χ2v) is 5.03. The van der Waals surface area contributed by atoms with E-state index in [-0.39, 0.29) is 24.5 Å². The van der Waals surface area contributed by atoms with Crippen molar-refractivity contribution in [3.05, 3.63) is 22.7 Å². The molecule has 2 N–H and O–H groups in total. The molecule has 0 aromatic heterocycles. The number of hydrogen-bond acceptors (Lipinski definition) is 3. The maximum absolute atomic E-state index is 11.7. The lowest BCUT2D eigenvalue weighted by molar-refractivity contribution is -0.122. The number of amides is 2. The number of carbonyl (C=O) groups is 2. The predicted octanol–water partition coefficient (Wildman–Crippen LogP) is 2.20. The van der Waals surface area contributed by atoms with Crippen LogP contribution in [0.2, 0.25) is 5.02 Å². The summed E-state index contributed by atoms with van der Waals surface area (Å²) in [5.41, 5.74) is 2.02. The van der Waals surface area contributed by atoms with Crippen molar-refractivity contribution in [2.24, 2.45) is 0 Å². The molecule has 1 heterocycles. The zero-order valence-corrected chi connectivity index (χ0v) is 11.5. The topological polar surface area (TPSA) is 67.4 Å². The van der Waals surface area contributed by atoms with Crippen LogP contribution in [0, 0.1) is 0 Å². The Kier molecular flexibility index (Phi) is 4.07. The molecular formula is C13H15ClN2O3. The normalized spacial score (nSPS) is 13.4. The van der Waals surface area contributed by atoms with Gasteiger partial charge in [0.25, 0.3) is 0 Å². The van der Waals surface area contributed by atoms with Crippen molar-refractivity contribution >= 4 is 34.8 Å². The first-order valence-corrected chi connectivity index (χ1v) is 6.37. The van der Waals surface area contributed by atoms with Gasteiger partial charge in [-0.2, -0.15) is 0 Å². The first-order valence-electron chi connectivity index (χ1n) is 5.99. The van der Waals surface area contributed by atoms with Gasteiger partial charge in [-0.15, -0.1) is 0 Å². The predicted molar refractivity (Wildman–Crippen MR) is 73.5 cm³/mol. The number of hydrogen-bond donors (Lipinski definition) is 2. The number of rotatable bonds is 4. The Morgan fingerprint density at radius 1 is 1.53 bits per heavy atom. The van der Waals surface area contributed by atoms with Crippen LogP contribution in [0.4, 0.5) is 11.4 Å². The molecule has 0 fully saturated rings. The van der Waals surface area contributed by atoms with E-state index in [1.54, 1.807) is 12.1 Å². The third-order valence-electron chi connectivity index (χ3n) is 2.64. The minimum Gasteiger partial charge on any atom is -0.369 e. The van der Waals surface area contributed by atoms with Gasteiger partial charge < -0.3 is 15.4 Å². The summed E-state index contributed by atoms with van der Waals surface area (Å²) in [6.45, 7) is 3.68. The van der Waals surface area contributed by atoms with Gasteiger partial charge in [-0.1, -0.05) is 11.6 Å². The Bertz CT molecular complexity index is 529. The smallest absolute Gasteiger partial charge is 0.250 e. The summed E-state index contributed by atoms with van der Waals surface area (Å²) in [5, 5.41) is 5.76. The van der Waals surface area contributed by atoms with E-state index in [1.165, 1.54) is 0 Å². The molecule has 1 aliphatic heterocycles. The first-order chi connectivity index (χ1) is 8.95. The quantitative estimate of drug-likeness (QED) is 0.890. The Balaban J connectivity index is 2.07. The van der Waals surface area contributed by atoms with Gasteiger partial charge in [0.15, 0.2) is 0 Å². The molecule has 0 bridgehead atoms. The SMILES string of the molecule is CC(C)OCC(=O)Nc1cc2c(cc1Cl)NC(=O)C2. The monoisotopic (exact) mass is 282 g/mol. The maximum atomic E-state index is 11.7. The molecule has 0 atom stereocenters. The molecule has 1 aliphatic rings. The van der Waals surface area contributed by atoms with E-state index in [4.69, 9.17) is 16.3 Å². The van der Waals surface area contributed by atoms with Crippen molar-refractivity contribution in [3.63, 3.8) is 0 Å². The van der Waals surface area contributed by atoms with Crippen LogP contribution < -0.4 is 10.6 Å². The van der Waals surface area contributed by atoms with Gasteiger partial charge in [-0.05, 0) is 31.5 Å². The molecule has 0 unspecified atom stereocenters. The van der Waals surface area contributed by atoms with Crippen molar-refractivity contribution in [2.75, 3.05) is 17.2 Å². The van der Waals surface area contributed by atoms with Crippen molar-refractivity contribution in [3.8, 4) is 0 Å². The van der Waals surface area contributed by atoms with E-state index in [2.05, 4.69) is 10.6 Å². The number of benzene rings is 1. The third-order valence-corrected chi connectivity index (χ3v) is 2.95. The highest BCUT2D eigenvalue weighted by molar-refractivity contribution is 6.34. The summed E-state index contributed by atoms with van der Waals surface area (Å²) in [6, 6.07) is 3.35. The second-order valence-electron chi connectivity index (χ2n) is 4.62. The molecule has 0 aliphatic carbocycles. The Morgan fingerprint density at radius 2 is 2.26 bits per heavy atom. The maximum Gasteiger partial charge on any atom is 0.250 e.